The molecule has 3 N–H and O–H groups in total. The summed E-state index contributed by atoms with van der Waals surface area (Å²) in [5, 5.41) is 16.7. The first kappa shape index (κ1) is 18.4. The van der Waals surface area contributed by atoms with Crippen molar-refractivity contribution < 1.29 is 9.84 Å². The third-order valence-electron chi connectivity index (χ3n) is 4.61. The Morgan fingerprint density at radius 1 is 1.42 bits per heavy atom. The summed E-state index contributed by atoms with van der Waals surface area (Å²) in [6.07, 6.45) is 3.25. The Hall–Kier alpha value is -1.95. The number of nitrogens with one attached hydrogen (secondary N) is 2. The molecule has 0 aliphatic carbocycles. The maximum absolute atomic E-state index is 9.99. The van der Waals surface area contributed by atoms with Crippen LogP contribution >= 0.6 is 0 Å². The number of aromatic hydroxyl groups is 1. The van der Waals surface area contributed by atoms with Crippen molar-refractivity contribution in [2.24, 2.45) is 4.99 Å². The first-order valence-electron chi connectivity index (χ1n) is 8.72. The molecular formula is C18H30N4O2. The van der Waals surface area contributed by atoms with Crippen molar-refractivity contribution in [2.75, 3.05) is 40.3 Å². The van der Waals surface area contributed by atoms with Gasteiger partial charge in [0.2, 0.25) is 0 Å². The summed E-state index contributed by atoms with van der Waals surface area (Å²) in [5.74, 6) is 1.74. The predicted octanol–water partition coefficient (Wildman–Crippen LogP) is 1.59. The molecule has 24 heavy (non-hydrogen) atoms. The van der Waals surface area contributed by atoms with Gasteiger partial charge in [-0.25, -0.2) is 0 Å². The van der Waals surface area contributed by atoms with Crippen molar-refractivity contribution in [1.29, 1.82) is 0 Å². The van der Waals surface area contributed by atoms with E-state index < -0.39 is 0 Å². The minimum Gasteiger partial charge on any atom is -0.508 e. The number of ether oxygens (including phenoxy) is 1. The molecule has 2 rings (SSSR count). The van der Waals surface area contributed by atoms with Crippen LogP contribution in [0.1, 0.15) is 25.3 Å². The first-order chi connectivity index (χ1) is 11.7. The molecule has 6 nitrogen and oxygen atoms in total. The second kappa shape index (κ2) is 9.37. The fourth-order valence-corrected chi connectivity index (χ4v) is 3.18. The summed E-state index contributed by atoms with van der Waals surface area (Å²) in [7, 11) is 3.38. The number of hydrogen-bond donors (Lipinski definition) is 3. The van der Waals surface area contributed by atoms with Crippen LogP contribution in [0, 0.1) is 0 Å². The number of aliphatic imine (C=N–C) groups is 1. The molecule has 0 saturated carbocycles. The second-order valence-corrected chi connectivity index (χ2v) is 6.05. The Bertz CT molecular complexity index is 548. The summed E-state index contributed by atoms with van der Waals surface area (Å²) in [6.45, 7) is 6.15. The van der Waals surface area contributed by atoms with E-state index in [4.69, 9.17) is 4.74 Å². The number of hydrogen-bond acceptors (Lipinski definition) is 4. The molecule has 0 bridgehead atoms. The Balaban J connectivity index is 1.75. The van der Waals surface area contributed by atoms with Crippen molar-refractivity contribution in [3.05, 3.63) is 23.8 Å². The van der Waals surface area contributed by atoms with Gasteiger partial charge in [0.1, 0.15) is 11.5 Å². The molecular weight excluding hydrogens is 304 g/mol. The zero-order valence-electron chi connectivity index (χ0n) is 15.0. The zero-order valence-corrected chi connectivity index (χ0v) is 15.0. The Morgan fingerprint density at radius 2 is 2.25 bits per heavy atom. The van der Waals surface area contributed by atoms with Crippen molar-refractivity contribution in [3.63, 3.8) is 0 Å². The van der Waals surface area contributed by atoms with Gasteiger partial charge in [-0.05, 0) is 44.0 Å². The maximum atomic E-state index is 9.99. The largest absolute Gasteiger partial charge is 0.508 e. The van der Waals surface area contributed by atoms with E-state index in [1.165, 1.54) is 19.4 Å². The molecule has 0 radical (unpaired) electrons. The third-order valence-corrected chi connectivity index (χ3v) is 4.61. The van der Waals surface area contributed by atoms with Gasteiger partial charge in [0.15, 0.2) is 5.96 Å². The number of phenolic OH excluding ortho intramolecular Hbond substituents is 1. The van der Waals surface area contributed by atoms with E-state index in [0.29, 0.717) is 18.3 Å². The molecule has 1 aromatic rings. The standard InChI is InChI=1S/C18H30N4O2/c1-4-22-11-5-6-15(22)13-21-18(19-2)20-10-9-14-7-8-16(24-3)12-17(14)23/h7-8,12,15,23H,4-6,9-11,13H2,1-3H3,(H2,19,20,21). The number of likely N-dealkylation sites (N-methyl/N-ethyl adjacent to an activating group) is 1. The average molecular weight is 334 g/mol. The first-order valence-corrected chi connectivity index (χ1v) is 8.72. The lowest BCUT2D eigenvalue weighted by Crippen LogP contribution is -2.45. The molecule has 1 fully saturated rings. The van der Waals surface area contributed by atoms with E-state index in [1.54, 1.807) is 20.2 Å². The summed E-state index contributed by atoms with van der Waals surface area (Å²) in [4.78, 5) is 6.78. The molecule has 0 spiro atoms. The van der Waals surface area contributed by atoms with Crippen LogP contribution in [0.5, 0.6) is 11.5 Å². The summed E-state index contributed by atoms with van der Waals surface area (Å²) >= 11 is 0. The molecule has 1 unspecified atom stereocenters. The van der Waals surface area contributed by atoms with E-state index in [0.717, 1.165) is 31.0 Å². The zero-order chi connectivity index (χ0) is 17.4. The number of guanidine groups is 1. The normalized spacial score (nSPS) is 18.6. The summed E-state index contributed by atoms with van der Waals surface area (Å²) in [6, 6.07) is 5.99. The van der Waals surface area contributed by atoms with Crippen LogP contribution in [-0.2, 0) is 6.42 Å². The van der Waals surface area contributed by atoms with Gasteiger partial charge in [0, 0.05) is 32.2 Å². The van der Waals surface area contributed by atoms with Crippen molar-refractivity contribution in [2.45, 2.75) is 32.2 Å². The number of methoxy groups -OCH3 is 1. The molecule has 0 aromatic heterocycles. The molecule has 1 aromatic carbocycles. The van der Waals surface area contributed by atoms with Crippen molar-refractivity contribution in [1.82, 2.24) is 15.5 Å². The van der Waals surface area contributed by atoms with Crippen molar-refractivity contribution >= 4 is 5.96 Å². The van der Waals surface area contributed by atoms with Gasteiger partial charge in [-0.1, -0.05) is 13.0 Å². The second-order valence-electron chi connectivity index (χ2n) is 6.05. The monoisotopic (exact) mass is 334 g/mol. The molecule has 1 aliphatic rings. The lowest BCUT2D eigenvalue weighted by molar-refractivity contribution is 0.267. The summed E-state index contributed by atoms with van der Waals surface area (Å²) < 4.78 is 5.10. The molecule has 1 heterocycles. The molecule has 1 aliphatic heterocycles. The predicted molar refractivity (Wildman–Crippen MR) is 98.0 cm³/mol. The van der Waals surface area contributed by atoms with E-state index >= 15 is 0 Å². The smallest absolute Gasteiger partial charge is 0.191 e. The van der Waals surface area contributed by atoms with Gasteiger partial charge < -0.3 is 20.5 Å². The Morgan fingerprint density at radius 3 is 2.92 bits per heavy atom. The number of rotatable bonds is 7. The van der Waals surface area contributed by atoms with Crippen LogP contribution in [0.2, 0.25) is 0 Å². The Kier molecular flexibility index (Phi) is 7.18. The third kappa shape index (κ3) is 5.03. The van der Waals surface area contributed by atoms with Gasteiger partial charge in [-0.2, -0.15) is 0 Å². The van der Waals surface area contributed by atoms with Gasteiger partial charge in [-0.15, -0.1) is 0 Å². The quantitative estimate of drug-likeness (QED) is 0.522. The maximum Gasteiger partial charge on any atom is 0.191 e. The van der Waals surface area contributed by atoms with Crippen LogP contribution < -0.4 is 15.4 Å². The van der Waals surface area contributed by atoms with E-state index in [9.17, 15) is 5.11 Å². The lowest BCUT2D eigenvalue weighted by Gasteiger charge is -2.24. The van der Waals surface area contributed by atoms with Gasteiger partial charge >= 0.3 is 0 Å². The van der Waals surface area contributed by atoms with Crippen molar-refractivity contribution in [3.8, 4) is 11.5 Å². The fraction of sp³-hybridized carbons (Fsp3) is 0.611. The molecule has 0 amide bonds. The number of phenols is 1. The van der Waals surface area contributed by atoms with Crippen LogP contribution in [-0.4, -0.2) is 62.3 Å². The van der Waals surface area contributed by atoms with Gasteiger partial charge in [0.25, 0.3) is 0 Å². The number of benzene rings is 1. The molecule has 1 saturated heterocycles. The highest BCUT2D eigenvalue weighted by Gasteiger charge is 2.22. The van der Waals surface area contributed by atoms with Crippen LogP contribution in [0.3, 0.4) is 0 Å². The number of nitrogens with zero attached hydrogens (tertiary/aromatic N) is 2. The average Bonchev–Trinajstić information content (AvgIpc) is 3.06. The Labute approximate surface area is 144 Å². The fourth-order valence-electron chi connectivity index (χ4n) is 3.18. The van der Waals surface area contributed by atoms with E-state index in [1.807, 2.05) is 12.1 Å². The van der Waals surface area contributed by atoms with E-state index in [2.05, 4.69) is 27.4 Å². The highest BCUT2D eigenvalue weighted by molar-refractivity contribution is 5.79. The van der Waals surface area contributed by atoms with Gasteiger partial charge in [-0.3, -0.25) is 9.89 Å². The van der Waals surface area contributed by atoms with E-state index in [-0.39, 0.29) is 5.75 Å². The highest BCUT2D eigenvalue weighted by Crippen LogP contribution is 2.23. The SMILES string of the molecule is CCN1CCCC1CNC(=NC)NCCc1ccc(OC)cc1O. The van der Waals surface area contributed by atoms with Crippen LogP contribution in [0.15, 0.2) is 23.2 Å². The highest BCUT2D eigenvalue weighted by atomic mass is 16.5. The molecule has 6 heteroatoms. The topological polar surface area (TPSA) is 69.1 Å². The minimum absolute atomic E-state index is 0.267. The minimum atomic E-state index is 0.267. The molecule has 1 atom stereocenters. The summed E-state index contributed by atoms with van der Waals surface area (Å²) in [5.41, 5.74) is 0.895. The number of likely N-dealkylation sites (tertiary alicyclic amines) is 1. The molecule has 134 valence electrons. The van der Waals surface area contributed by atoms with Crippen LogP contribution in [0.4, 0.5) is 0 Å². The lowest BCUT2D eigenvalue weighted by atomic mass is 10.1. The van der Waals surface area contributed by atoms with Crippen LogP contribution in [0.25, 0.3) is 0 Å². The van der Waals surface area contributed by atoms with Gasteiger partial charge in [0.05, 0.1) is 7.11 Å².